The van der Waals surface area contributed by atoms with Crippen molar-refractivity contribution >= 4 is 43.3 Å². The number of hydrogen-bond donors (Lipinski definition) is 0. The first-order valence-electron chi connectivity index (χ1n) is 6.24. The molecule has 0 aliphatic heterocycles. The first kappa shape index (κ1) is 15.5. The predicted molar refractivity (Wildman–Crippen MR) is 89.0 cm³/mol. The maximum absolute atomic E-state index is 11.1. The second-order valence-corrected chi connectivity index (χ2v) is 10.9. The van der Waals surface area contributed by atoms with Crippen molar-refractivity contribution in [3.05, 3.63) is 28.5 Å². The summed E-state index contributed by atoms with van der Waals surface area (Å²) < 4.78 is 8.47. The van der Waals surface area contributed by atoms with Gasteiger partial charge in [-0.05, 0) is 40.8 Å². The Hall–Kier alpha value is -0.850. The smallest absolute Gasteiger partial charge is 0.152 e. The monoisotopic (exact) mass is 358 g/mol. The molecule has 0 saturated carbocycles. The highest BCUT2D eigenvalue weighted by molar-refractivity contribution is 9.10. The number of carbonyl (C=O) groups excluding carboxylic acids is 1. The quantitative estimate of drug-likeness (QED) is 0.587. The van der Waals surface area contributed by atoms with E-state index in [4.69, 9.17) is 4.74 Å². The molecule has 0 aliphatic carbocycles. The fourth-order valence-electron chi connectivity index (χ4n) is 1.87. The summed E-state index contributed by atoms with van der Waals surface area (Å²) in [5, 5.41) is 0.840. The maximum Gasteiger partial charge on any atom is 0.152 e. The molecule has 0 N–H and O–H groups in total. The van der Waals surface area contributed by atoms with E-state index in [1.165, 1.54) is 0 Å². The van der Waals surface area contributed by atoms with Gasteiger partial charge in [0.15, 0.2) is 6.29 Å². The van der Waals surface area contributed by atoms with Crippen molar-refractivity contribution in [3.8, 4) is 0 Å². The SMILES string of the molecule is CS(C)(C)CCOCn1cc(C=O)c2c(Br)ccnc21. The molecule has 2 aromatic rings. The van der Waals surface area contributed by atoms with E-state index in [9.17, 15) is 4.79 Å². The maximum atomic E-state index is 11.1. The van der Waals surface area contributed by atoms with Gasteiger partial charge in [0.25, 0.3) is 0 Å². The van der Waals surface area contributed by atoms with E-state index in [1.54, 1.807) is 12.4 Å². The molecular weight excluding hydrogens is 340 g/mol. The van der Waals surface area contributed by atoms with E-state index >= 15 is 0 Å². The zero-order valence-electron chi connectivity index (χ0n) is 11.9. The molecule has 0 unspecified atom stereocenters. The van der Waals surface area contributed by atoms with Gasteiger partial charge in [0, 0.05) is 33.6 Å². The summed E-state index contributed by atoms with van der Waals surface area (Å²) in [6, 6.07) is 1.84. The standard InChI is InChI=1S/C14H19BrN2O2S/c1-20(2,3)7-6-19-10-17-8-11(9-18)13-12(15)4-5-16-14(13)17/h4-5,8-9H,6-7,10H2,1-3H3. The zero-order valence-corrected chi connectivity index (χ0v) is 14.3. The fourth-order valence-corrected chi connectivity index (χ4v) is 3.01. The summed E-state index contributed by atoms with van der Waals surface area (Å²) in [6.07, 6.45) is 11.2. The number of halogens is 1. The number of ether oxygens (including phenoxy) is 1. The van der Waals surface area contributed by atoms with E-state index in [0.717, 1.165) is 34.2 Å². The van der Waals surface area contributed by atoms with Crippen molar-refractivity contribution in [1.82, 2.24) is 9.55 Å². The lowest BCUT2D eigenvalue weighted by molar-refractivity contribution is 0.0922. The Morgan fingerprint density at radius 1 is 1.45 bits per heavy atom. The first-order valence-corrected chi connectivity index (χ1v) is 10.1. The molecule has 0 atom stereocenters. The third-order valence-corrected chi connectivity index (χ3v) is 4.99. The average molecular weight is 359 g/mol. The van der Waals surface area contributed by atoms with Gasteiger partial charge in [0.1, 0.15) is 12.4 Å². The molecule has 4 nitrogen and oxygen atoms in total. The van der Waals surface area contributed by atoms with Crippen LogP contribution in [0.15, 0.2) is 22.9 Å². The van der Waals surface area contributed by atoms with Crippen LogP contribution in [0, 0.1) is 0 Å². The number of nitrogens with zero attached hydrogens (tertiary/aromatic N) is 2. The van der Waals surface area contributed by atoms with Crippen LogP contribution in [0.1, 0.15) is 10.4 Å². The van der Waals surface area contributed by atoms with Gasteiger partial charge in [-0.25, -0.2) is 15.0 Å². The highest BCUT2D eigenvalue weighted by Crippen LogP contribution is 2.33. The second-order valence-electron chi connectivity index (χ2n) is 5.50. The van der Waals surface area contributed by atoms with Gasteiger partial charge in [-0.3, -0.25) is 4.79 Å². The molecule has 2 aromatic heterocycles. The highest BCUT2D eigenvalue weighted by atomic mass is 79.9. The molecule has 20 heavy (non-hydrogen) atoms. The molecule has 0 saturated heterocycles. The number of fused-ring (bicyclic) bond motifs is 1. The zero-order chi connectivity index (χ0) is 14.8. The van der Waals surface area contributed by atoms with Gasteiger partial charge < -0.3 is 9.30 Å². The molecule has 0 amide bonds. The van der Waals surface area contributed by atoms with E-state index in [-0.39, 0.29) is 0 Å². The van der Waals surface area contributed by atoms with Crippen LogP contribution < -0.4 is 0 Å². The van der Waals surface area contributed by atoms with Gasteiger partial charge in [-0.15, -0.1) is 0 Å². The van der Waals surface area contributed by atoms with Gasteiger partial charge in [0.2, 0.25) is 0 Å². The van der Waals surface area contributed by atoms with E-state index < -0.39 is 10.0 Å². The lowest BCUT2D eigenvalue weighted by atomic mass is 10.2. The lowest BCUT2D eigenvalue weighted by Crippen LogP contribution is -2.09. The predicted octanol–water partition coefficient (Wildman–Crippen LogP) is 3.28. The minimum absolute atomic E-state index is 0.420. The molecular formula is C14H19BrN2O2S. The van der Waals surface area contributed by atoms with Crippen molar-refractivity contribution in [1.29, 1.82) is 0 Å². The number of aldehydes is 1. The third-order valence-electron chi connectivity index (χ3n) is 2.93. The summed E-state index contributed by atoms with van der Waals surface area (Å²) in [7, 11) is -0.541. The molecule has 0 bridgehead atoms. The molecule has 2 heterocycles. The minimum Gasteiger partial charge on any atom is -0.360 e. The topological polar surface area (TPSA) is 44.1 Å². The fraction of sp³-hybridized carbons (Fsp3) is 0.429. The van der Waals surface area contributed by atoms with Crippen LogP contribution in [0.4, 0.5) is 0 Å². The second kappa shape index (κ2) is 6.28. The number of aromatic nitrogens is 2. The van der Waals surface area contributed by atoms with Crippen LogP contribution >= 0.6 is 26.0 Å². The summed E-state index contributed by atoms with van der Waals surface area (Å²) in [5.74, 6) is 1.07. The summed E-state index contributed by atoms with van der Waals surface area (Å²) in [4.78, 5) is 15.5. The summed E-state index contributed by atoms with van der Waals surface area (Å²) in [6.45, 7) is 1.15. The minimum atomic E-state index is -0.541. The number of carbonyl (C=O) groups is 1. The van der Waals surface area contributed by atoms with Gasteiger partial charge >= 0.3 is 0 Å². The summed E-state index contributed by atoms with van der Waals surface area (Å²) >= 11 is 3.46. The number of hydrogen-bond acceptors (Lipinski definition) is 3. The van der Waals surface area contributed by atoms with Crippen LogP contribution in [0.25, 0.3) is 11.0 Å². The Kier molecular flexibility index (Phi) is 4.88. The molecule has 110 valence electrons. The van der Waals surface area contributed by atoms with E-state index in [2.05, 4.69) is 39.7 Å². The normalized spacial score (nSPS) is 12.8. The molecule has 0 aliphatic rings. The lowest BCUT2D eigenvalue weighted by Gasteiger charge is -2.24. The first-order chi connectivity index (χ1) is 9.42. The van der Waals surface area contributed by atoms with Gasteiger partial charge in [-0.1, -0.05) is 0 Å². The van der Waals surface area contributed by atoms with Crippen molar-refractivity contribution in [3.63, 3.8) is 0 Å². The largest absolute Gasteiger partial charge is 0.360 e. The highest BCUT2D eigenvalue weighted by Gasteiger charge is 2.12. The molecule has 0 fully saturated rings. The Balaban J connectivity index is 2.15. The van der Waals surface area contributed by atoms with Crippen LogP contribution in [-0.4, -0.2) is 47.0 Å². The molecule has 0 radical (unpaired) electrons. The van der Waals surface area contributed by atoms with Crippen molar-refractivity contribution in [2.24, 2.45) is 0 Å². The Morgan fingerprint density at radius 3 is 2.85 bits per heavy atom. The third kappa shape index (κ3) is 3.62. The molecule has 6 heteroatoms. The van der Waals surface area contributed by atoms with Crippen molar-refractivity contribution < 1.29 is 9.53 Å². The van der Waals surface area contributed by atoms with Crippen molar-refractivity contribution in [2.75, 3.05) is 31.1 Å². The van der Waals surface area contributed by atoms with Crippen LogP contribution in [-0.2, 0) is 11.5 Å². The van der Waals surface area contributed by atoms with Gasteiger partial charge in [0.05, 0.1) is 6.61 Å². The Labute approximate surface area is 129 Å². The molecule has 0 aromatic carbocycles. The van der Waals surface area contributed by atoms with Crippen LogP contribution in [0.5, 0.6) is 0 Å². The van der Waals surface area contributed by atoms with Crippen molar-refractivity contribution in [2.45, 2.75) is 6.73 Å². The van der Waals surface area contributed by atoms with E-state index in [1.807, 2.05) is 10.6 Å². The number of rotatable bonds is 6. The average Bonchev–Trinajstić information content (AvgIpc) is 2.73. The Bertz CT molecular complexity index is 619. The van der Waals surface area contributed by atoms with Crippen LogP contribution in [0.3, 0.4) is 0 Å². The molecule has 0 spiro atoms. The molecule has 2 rings (SSSR count). The van der Waals surface area contributed by atoms with Gasteiger partial charge in [-0.2, -0.15) is 0 Å². The van der Waals surface area contributed by atoms with Crippen LogP contribution in [0.2, 0.25) is 0 Å². The summed E-state index contributed by atoms with van der Waals surface area (Å²) in [5.41, 5.74) is 1.40. The Morgan fingerprint density at radius 2 is 2.20 bits per heavy atom. The number of pyridine rings is 1. The van der Waals surface area contributed by atoms with E-state index in [0.29, 0.717) is 12.3 Å².